The third kappa shape index (κ3) is 5.50. The van der Waals surface area contributed by atoms with Crippen LogP contribution in [0.1, 0.15) is 6.42 Å². The van der Waals surface area contributed by atoms with Crippen LogP contribution in [0, 0.1) is 22.7 Å². The summed E-state index contributed by atoms with van der Waals surface area (Å²) in [7, 11) is 0. The molecule has 0 rings (SSSR count). The second-order valence-electron chi connectivity index (χ2n) is 1.33. The molecule has 0 spiro atoms. The molecular weight excluding hydrogens is 168 g/mol. The molecule has 0 unspecified atom stereocenters. The fourth-order valence-corrected chi connectivity index (χ4v) is 1.09. The summed E-state index contributed by atoms with van der Waals surface area (Å²) in [5.41, 5.74) is 0. The van der Waals surface area contributed by atoms with Crippen molar-refractivity contribution in [2.24, 2.45) is 0 Å². The summed E-state index contributed by atoms with van der Waals surface area (Å²) < 4.78 is 0.442. The maximum atomic E-state index is 8.12. The zero-order valence-electron chi connectivity index (χ0n) is 5.17. The van der Waals surface area contributed by atoms with Crippen LogP contribution in [-0.4, -0.2) is 5.75 Å². The van der Waals surface area contributed by atoms with Crippen molar-refractivity contribution in [2.45, 2.75) is 6.42 Å². The van der Waals surface area contributed by atoms with Crippen LogP contribution in [0.25, 0.3) is 0 Å². The third-order valence-corrected chi connectivity index (χ3v) is 1.87. The van der Waals surface area contributed by atoms with Crippen molar-refractivity contribution in [3.8, 4) is 12.1 Å². The molecule has 0 aliphatic heterocycles. The minimum atomic E-state index is 0.442. The Labute approximate surface area is 69.1 Å². The summed E-state index contributed by atoms with van der Waals surface area (Å²) in [5, 5.41) is 16.2. The van der Waals surface area contributed by atoms with Crippen molar-refractivity contribution >= 4 is 23.4 Å². The lowest BCUT2D eigenvalue weighted by Gasteiger charge is -1.90. The molecule has 0 saturated carbocycles. The van der Waals surface area contributed by atoms with Crippen LogP contribution in [0.5, 0.6) is 0 Å². The second kappa shape index (κ2) is 6.48. The van der Waals surface area contributed by atoms with Crippen molar-refractivity contribution in [1.29, 1.82) is 10.5 Å². The smallest absolute Gasteiger partial charge is 0.0933 e. The Kier molecular flexibility index (Phi) is 6.06. The molecule has 10 heavy (non-hydrogen) atoms. The molecule has 2 nitrogen and oxygen atoms in total. The summed E-state index contributed by atoms with van der Waals surface area (Å²) in [6.45, 7) is 0. The first-order valence-electron chi connectivity index (χ1n) is 2.56. The van der Waals surface area contributed by atoms with E-state index in [1.807, 2.05) is 6.07 Å². The van der Waals surface area contributed by atoms with Gasteiger partial charge in [0.25, 0.3) is 0 Å². The molecule has 0 atom stereocenters. The van der Waals surface area contributed by atoms with Gasteiger partial charge in [-0.15, -0.1) is 11.8 Å². The van der Waals surface area contributed by atoms with E-state index in [4.69, 9.17) is 22.1 Å². The van der Waals surface area contributed by atoms with Gasteiger partial charge in [-0.05, 0) is 0 Å². The lowest BCUT2D eigenvalue weighted by atomic mass is 10.6. The quantitative estimate of drug-likeness (QED) is 0.485. The number of nitriles is 2. The SMILES string of the molecule is N#CC=C(Cl)SCCC#N. The fraction of sp³-hybridized carbons (Fsp3) is 0.333. The number of rotatable bonds is 3. The van der Waals surface area contributed by atoms with Crippen molar-refractivity contribution in [3.05, 3.63) is 10.4 Å². The maximum Gasteiger partial charge on any atom is 0.0933 e. The number of hydrogen-bond acceptors (Lipinski definition) is 3. The second-order valence-corrected chi connectivity index (χ2v) is 3.10. The van der Waals surface area contributed by atoms with E-state index >= 15 is 0 Å². The molecule has 0 N–H and O–H groups in total. The number of hydrogen-bond donors (Lipinski definition) is 0. The summed E-state index contributed by atoms with van der Waals surface area (Å²) in [6.07, 6.45) is 1.71. The molecule has 0 aliphatic rings. The van der Waals surface area contributed by atoms with Gasteiger partial charge in [0.2, 0.25) is 0 Å². The van der Waals surface area contributed by atoms with Crippen LogP contribution in [0.15, 0.2) is 10.4 Å². The van der Waals surface area contributed by atoms with Crippen molar-refractivity contribution < 1.29 is 0 Å². The molecule has 4 heteroatoms. The Morgan fingerprint density at radius 1 is 1.60 bits per heavy atom. The summed E-state index contributed by atoms with van der Waals surface area (Å²) in [4.78, 5) is 0. The van der Waals surface area contributed by atoms with E-state index in [1.165, 1.54) is 17.8 Å². The maximum absolute atomic E-state index is 8.12. The van der Waals surface area contributed by atoms with Gasteiger partial charge in [0.1, 0.15) is 0 Å². The van der Waals surface area contributed by atoms with Crippen LogP contribution in [0.3, 0.4) is 0 Å². The first kappa shape index (κ1) is 9.36. The molecule has 0 bridgehead atoms. The van der Waals surface area contributed by atoms with Crippen molar-refractivity contribution in [1.82, 2.24) is 0 Å². The molecule has 0 fully saturated rings. The molecule has 0 heterocycles. The highest BCUT2D eigenvalue weighted by atomic mass is 35.5. The van der Waals surface area contributed by atoms with Crippen LogP contribution in [0.2, 0.25) is 0 Å². The summed E-state index contributed by atoms with van der Waals surface area (Å²) in [5.74, 6) is 0.646. The van der Waals surface area contributed by atoms with E-state index < -0.39 is 0 Å². The topological polar surface area (TPSA) is 47.6 Å². The van der Waals surface area contributed by atoms with Gasteiger partial charge in [-0.3, -0.25) is 0 Å². The molecular formula is C6H5ClN2S. The largest absolute Gasteiger partial charge is 0.198 e. The average Bonchev–Trinajstić information content (AvgIpc) is 1.89. The minimum absolute atomic E-state index is 0.442. The Hall–Kier alpha value is -0.640. The van der Waals surface area contributed by atoms with Crippen molar-refractivity contribution in [3.63, 3.8) is 0 Å². The predicted molar refractivity (Wildman–Crippen MR) is 42.2 cm³/mol. The van der Waals surface area contributed by atoms with Gasteiger partial charge in [0.15, 0.2) is 0 Å². The van der Waals surface area contributed by atoms with E-state index in [9.17, 15) is 0 Å². The normalized spacial score (nSPS) is 10.1. The lowest BCUT2D eigenvalue weighted by Crippen LogP contribution is -1.72. The standard InChI is InChI=1S/C6H5ClN2S/c7-6(2-4-9)10-5-1-3-8/h2H,1,5H2. The highest BCUT2D eigenvalue weighted by molar-refractivity contribution is 8.04. The van der Waals surface area contributed by atoms with Gasteiger partial charge in [-0.1, -0.05) is 11.6 Å². The number of nitrogens with zero attached hydrogens (tertiary/aromatic N) is 2. The van der Waals surface area contributed by atoms with Crippen LogP contribution in [-0.2, 0) is 0 Å². The third-order valence-electron chi connectivity index (χ3n) is 0.632. The average molecular weight is 173 g/mol. The van der Waals surface area contributed by atoms with Gasteiger partial charge in [0.05, 0.1) is 16.5 Å². The van der Waals surface area contributed by atoms with E-state index in [-0.39, 0.29) is 0 Å². The number of allylic oxidation sites excluding steroid dienone is 1. The van der Waals surface area contributed by atoms with E-state index in [0.717, 1.165) is 0 Å². The summed E-state index contributed by atoms with van der Waals surface area (Å²) >= 11 is 6.82. The van der Waals surface area contributed by atoms with Crippen LogP contribution < -0.4 is 0 Å². The zero-order chi connectivity index (χ0) is 7.82. The van der Waals surface area contributed by atoms with Gasteiger partial charge < -0.3 is 0 Å². The highest BCUT2D eigenvalue weighted by Crippen LogP contribution is 2.19. The Morgan fingerprint density at radius 3 is 2.80 bits per heavy atom. The highest BCUT2D eigenvalue weighted by Gasteiger charge is 1.90. The van der Waals surface area contributed by atoms with Crippen LogP contribution in [0.4, 0.5) is 0 Å². The summed E-state index contributed by atoms with van der Waals surface area (Å²) in [6, 6.07) is 3.77. The van der Waals surface area contributed by atoms with Gasteiger partial charge in [-0.25, -0.2) is 0 Å². The van der Waals surface area contributed by atoms with E-state index in [0.29, 0.717) is 16.5 Å². The fourth-order valence-electron chi connectivity index (χ4n) is 0.287. The predicted octanol–water partition coefficient (Wildman–Crippen LogP) is 2.24. The first-order valence-corrected chi connectivity index (χ1v) is 3.92. The van der Waals surface area contributed by atoms with Gasteiger partial charge in [0, 0.05) is 18.2 Å². The van der Waals surface area contributed by atoms with E-state index in [1.54, 1.807) is 6.07 Å². The lowest BCUT2D eigenvalue weighted by molar-refractivity contribution is 1.24. The molecule has 0 aromatic heterocycles. The zero-order valence-corrected chi connectivity index (χ0v) is 6.74. The number of halogens is 1. The Bertz CT molecular complexity index is 199. The van der Waals surface area contributed by atoms with Gasteiger partial charge >= 0.3 is 0 Å². The monoisotopic (exact) mass is 172 g/mol. The minimum Gasteiger partial charge on any atom is -0.198 e. The Morgan fingerprint density at radius 2 is 2.30 bits per heavy atom. The first-order chi connectivity index (χ1) is 4.81. The molecule has 0 amide bonds. The molecule has 0 radical (unpaired) electrons. The molecule has 0 aromatic carbocycles. The van der Waals surface area contributed by atoms with Crippen LogP contribution >= 0.6 is 23.4 Å². The molecule has 0 saturated heterocycles. The van der Waals surface area contributed by atoms with Crippen molar-refractivity contribution in [2.75, 3.05) is 5.75 Å². The Balaban J connectivity index is 3.44. The number of thioether (sulfide) groups is 1. The van der Waals surface area contributed by atoms with Gasteiger partial charge in [-0.2, -0.15) is 10.5 Å². The van der Waals surface area contributed by atoms with E-state index in [2.05, 4.69) is 0 Å². The molecule has 52 valence electrons. The molecule has 0 aromatic rings. The molecule has 0 aliphatic carbocycles.